The van der Waals surface area contributed by atoms with Crippen molar-refractivity contribution in [1.82, 2.24) is 0 Å². The molecule has 0 saturated heterocycles. The molecule has 0 spiro atoms. The highest BCUT2D eigenvalue weighted by Crippen LogP contribution is 2.41. The van der Waals surface area contributed by atoms with E-state index in [0.717, 1.165) is 28.0 Å². The molecular weight excluding hydrogens is 436 g/mol. The van der Waals surface area contributed by atoms with Gasteiger partial charge in [-0.3, -0.25) is 0 Å². The van der Waals surface area contributed by atoms with E-state index in [9.17, 15) is 4.79 Å². The fourth-order valence-electron chi connectivity index (χ4n) is 5.64. The molecular formula is C31H40O4. The summed E-state index contributed by atoms with van der Waals surface area (Å²) in [6.07, 6.45) is 4.59. The first kappa shape index (κ1) is 25.7. The second kappa shape index (κ2) is 10.3. The number of hydrogen-bond donors (Lipinski definition) is 0. The van der Waals surface area contributed by atoms with Crippen LogP contribution in [0.15, 0.2) is 54.6 Å². The third-order valence-electron chi connectivity index (χ3n) is 7.16. The maximum absolute atomic E-state index is 13.3. The summed E-state index contributed by atoms with van der Waals surface area (Å²) in [5.41, 5.74) is 0.806. The number of ether oxygens (including phenoxy) is 3. The van der Waals surface area contributed by atoms with Crippen LogP contribution in [-0.4, -0.2) is 30.6 Å². The molecule has 1 fully saturated rings. The quantitative estimate of drug-likeness (QED) is 0.197. The number of rotatable bonds is 7. The van der Waals surface area contributed by atoms with Crippen LogP contribution >= 0.6 is 0 Å². The highest BCUT2D eigenvalue weighted by atomic mass is 16.7. The minimum Gasteiger partial charge on any atom is -0.459 e. The Morgan fingerprint density at radius 1 is 0.914 bits per heavy atom. The van der Waals surface area contributed by atoms with Gasteiger partial charge in [0.1, 0.15) is 6.61 Å². The molecule has 3 aromatic rings. The van der Waals surface area contributed by atoms with E-state index in [2.05, 4.69) is 26.8 Å². The molecule has 0 aliphatic heterocycles. The zero-order valence-electron chi connectivity index (χ0n) is 22.1. The first-order valence-corrected chi connectivity index (χ1v) is 13.0. The Labute approximate surface area is 209 Å². The van der Waals surface area contributed by atoms with Gasteiger partial charge in [-0.15, -0.1) is 0 Å². The molecule has 0 aromatic heterocycles. The van der Waals surface area contributed by atoms with Crippen molar-refractivity contribution in [1.29, 1.82) is 0 Å². The van der Waals surface area contributed by atoms with Crippen molar-refractivity contribution in [2.45, 2.75) is 85.2 Å². The lowest BCUT2D eigenvalue weighted by atomic mass is 9.70. The molecule has 0 N–H and O–H groups in total. The Hall–Kier alpha value is -2.43. The monoisotopic (exact) mass is 476 g/mol. The van der Waals surface area contributed by atoms with Gasteiger partial charge in [-0.05, 0) is 72.6 Å². The molecule has 4 rings (SSSR count). The lowest BCUT2D eigenvalue weighted by Gasteiger charge is -2.43. The smallest absolute Gasteiger partial charge is 0.339 e. The van der Waals surface area contributed by atoms with Gasteiger partial charge in [0.15, 0.2) is 5.79 Å². The third-order valence-corrected chi connectivity index (χ3v) is 7.16. The molecule has 1 aliphatic carbocycles. The predicted octanol–water partition coefficient (Wildman–Crippen LogP) is 7.91. The number of carbonyl (C=O) groups is 1. The van der Waals surface area contributed by atoms with E-state index in [4.69, 9.17) is 14.2 Å². The minimum atomic E-state index is -0.760. The van der Waals surface area contributed by atoms with Gasteiger partial charge >= 0.3 is 5.97 Å². The lowest BCUT2D eigenvalue weighted by Crippen LogP contribution is -2.44. The van der Waals surface area contributed by atoms with Crippen LogP contribution < -0.4 is 0 Å². The van der Waals surface area contributed by atoms with Crippen molar-refractivity contribution in [3.63, 3.8) is 0 Å². The Morgan fingerprint density at radius 2 is 1.49 bits per heavy atom. The first-order valence-electron chi connectivity index (χ1n) is 13.0. The van der Waals surface area contributed by atoms with Crippen molar-refractivity contribution >= 4 is 27.5 Å². The van der Waals surface area contributed by atoms with Crippen LogP contribution in [0, 0.1) is 11.3 Å². The molecule has 3 unspecified atom stereocenters. The molecule has 188 valence electrons. The Kier molecular flexibility index (Phi) is 7.54. The normalized spacial score (nSPS) is 20.2. The maximum Gasteiger partial charge on any atom is 0.339 e. The molecule has 4 nitrogen and oxygen atoms in total. The van der Waals surface area contributed by atoms with Crippen LogP contribution in [0.5, 0.6) is 0 Å². The molecule has 35 heavy (non-hydrogen) atoms. The molecule has 1 aliphatic rings. The Morgan fingerprint density at radius 3 is 2.09 bits per heavy atom. The molecule has 0 amide bonds. The van der Waals surface area contributed by atoms with Gasteiger partial charge in [0.05, 0.1) is 17.8 Å². The van der Waals surface area contributed by atoms with E-state index in [1.807, 2.05) is 69.3 Å². The second-order valence-electron chi connectivity index (χ2n) is 11.5. The molecule has 3 aromatic carbocycles. The van der Waals surface area contributed by atoms with Crippen LogP contribution in [0.2, 0.25) is 0 Å². The topological polar surface area (TPSA) is 44.8 Å². The van der Waals surface area contributed by atoms with Gasteiger partial charge in [-0.25, -0.2) is 4.79 Å². The summed E-state index contributed by atoms with van der Waals surface area (Å²) in [5, 5.41) is 3.86. The van der Waals surface area contributed by atoms with Gasteiger partial charge in [0, 0.05) is 0 Å². The molecule has 3 atom stereocenters. The van der Waals surface area contributed by atoms with Crippen LogP contribution in [0.25, 0.3) is 21.5 Å². The van der Waals surface area contributed by atoms with Crippen molar-refractivity contribution < 1.29 is 19.0 Å². The highest BCUT2D eigenvalue weighted by molar-refractivity contribution is 6.16. The molecule has 0 bridgehead atoms. The fourth-order valence-corrected chi connectivity index (χ4v) is 5.64. The molecule has 0 radical (unpaired) electrons. The van der Waals surface area contributed by atoms with Gasteiger partial charge in [0.2, 0.25) is 0 Å². The lowest BCUT2D eigenvalue weighted by molar-refractivity contribution is -0.274. The van der Waals surface area contributed by atoms with Crippen molar-refractivity contribution in [2.24, 2.45) is 11.3 Å². The van der Waals surface area contributed by atoms with Crippen LogP contribution in [-0.2, 0) is 14.2 Å². The average Bonchev–Trinajstić information content (AvgIpc) is 2.80. The Bertz CT molecular complexity index is 1120. The summed E-state index contributed by atoms with van der Waals surface area (Å²) in [4.78, 5) is 13.3. The zero-order valence-corrected chi connectivity index (χ0v) is 22.1. The van der Waals surface area contributed by atoms with Crippen LogP contribution in [0.4, 0.5) is 0 Å². The average molecular weight is 477 g/mol. The first-order chi connectivity index (χ1) is 16.5. The number of esters is 1. The highest BCUT2D eigenvalue weighted by Gasteiger charge is 2.38. The minimum absolute atomic E-state index is 0.163. The largest absolute Gasteiger partial charge is 0.459 e. The van der Waals surface area contributed by atoms with Gasteiger partial charge in [-0.2, -0.15) is 0 Å². The standard InChI is InChI=1S/C31H40O4/c1-21(34-31(5,6)35-27-18-12-11-17-26(27)30(2,3)4)20-33-29(32)28-24-15-9-7-13-22(24)19-23-14-8-10-16-25(23)28/h7-10,13-16,19,21,26-27H,11-12,17-18,20H2,1-6H3. The summed E-state index contributed by atoms with van der Waals surface area (Å²) in [5.74, 6) is -0.581. The van der Waals surface area contributed by atoms with Crippen LogP contribution in [0.1, 0.15) is 77.6 Å². The van der Waals surface area contributed by atoms with Crippen molar-refractivity contribution in [2.75, 3.05) is 6.61 Å². The van der Waals surface area contributed by atoms with Crippen molar-refractivity contribution in [3.05, 3.63) is 60.2 Å². The van der Waals surface area contributed by atoms with E-state index in [1.54, 1.807) is 0 Å². The third kappa shape index (κ3) is 6.05. The number of benzene rings is 3. The van der Waals surface area contributed by atoms with Gasteiger partial charge < -0.3 is 14.2 Å². The van der Waals surface area contributed by atoms with Crippen molar-refractivity contribution in [3.8, 4) is 0 Å². The summed E-state index contributed by atoms with van der Waals surface area (Å²) in [7, 11) is 0. The molecule has 4 heteroatoms. The maximum atomic E-state index is 13.3. The molecule has 1 saturated carbocycles. The number of carbonyl (C=O) groups excluding carboxylic acids is 1. The summed E-state index contributed by atoms with van der Waals surface area (Å²) in [6, 6.07) is 18.0. The molecule has 0 heterocycles. The number of fused-ring (bicyclic) bond motifs is 2. The zero-order chi connectivity index (χ0) is 25.2. The number of hydrogen-bond acceptors (Lipinski definition) is 4. The fraction of sp³-hybridized carbons (Fsp3) is 0.516. The Balaban J connectivity index is 1.43. The van der Waals surface area contributed by atoms with Crippen LogP contribution in [0.3, 0.4) is 0 Å². The summed E-state index contributed by atoms with van der Waals surface area (Å²) >= 11 is 0. The van der Waals surface area contributed by atoms with E-state index in [0.29, 0.717) is 11.5 Å². The van der Waals surface area contributed by atoms with E-state index in [-0.39, 0.29) is 30.2 Å². The predicted molar refractivity (Wildman–Crippen MR) is 143 cm³/mol. The summed E-state index contributed by atoms with van der Waals surface area (Å²) in [6.45, 7) is 12.9. The van der Waals surface area contributed by atoms with E-state index in [1.165, 1.54) is 19.3 Å². The second-order valence-corrected chi connectivity index (χ2v) is 11.5. The van der Waals surface area contributed by atoms with Gasteiger partial charge in [0.25, 0.3) is 0 Å². The van der Waals surface area contributed by atoms with Gasteiger partial charge in [-0.1, -0.05) is 82.1 Å². The SMILES string of the molecule is CC(COC(=O)c1c2ccccc2cc2ccccc12)OC(C)(C)OC1CCCCC1C(C)(C)C. The van der Waals surface area contributed by atoms with E-state index >= 15 is 0 Å². The van der Waals surface area contributed by atoms with E-state index < -0.39 is 5.79 Å². The summed E-state index contributed by atoms with van der Waals surface area (Å²) < 4.78 is 18.6.